The molecule has 2 aromatic rings. The van der Waals surface area contributed by atoms with E-state index < -0.39 is 9.84 Å². The summed E-state index contributed by atoms with van der Waals surface area (Å²) in [4.78, 5) is 6.52. The largest absolute Gasteiger partial charge is 0.496 e. The number of hydrogen-bond acceptors (Lipinski definition) is 8. The van der Waals surface area contributed by atoms with E-state index in [0.717, 1.165) is 17.7 Å². The summed E-state index contributed by atoms with van der Waals surface area (Å²) in [5.41, 5.74) is 1.10. The second-order valence-corrected chi connectivity index (χ2v) is 8.70. The van der Waals surface area contributed by atoms with Crippen LogP contribution >= 0.6 is 0 Å². The molecule has 8 nitrogen and oxygen atoms in total. The van der Waals surface area contributed by atoms with Gasteiger partial charge in [-0.25, -0.2) is 8.42 Å². The molecule has 1 aliphatic heterocycles. The minimum absolute atomic E-state index is 0.0573. The molecule has 0 aliphatic carbocycles. The highest BCUT2D eigenvalue weighted by Crippen LogP contribution is 2.23. The molecule has 1 aromatic heterocycles. The zero-order chi connectivity index (χ0) is 19.3. The van der Waals surface area contributed by atoms with Gasteiger partial charge < -0.3 is 15.0 Å². The van der Waals surface area contributed by atoms with Crippen LogP contribution in [-0.2, 0) is 16.3 Å². The highest BCUT2D eigenvalue weighted by atomic mass is 32.2. The van der Waals surface area contributed by atoms with Gasteiger partial charge >= 0.3 is 0 Å². The Kier molecular flexibility index (Phi) is 6.10. The maximum atomic E-state index is 11.8. The quantitative estimate of drug-likeness (QED) is 0.724. The van der Waals surface area contributed by atoms with Crippen LogP contribution in [0, 0.1) is 0 Å². The van der Waals surface area contributed by atoms with E-state index in [2.05, 4.69) is 20.5 Å². The summed E-state index contributed by atoms with van der Waals surface area (Å²) in [7, 11) is -1.30. The van der Waals surface area contributed by atoms with Crippen LogP contribution in [0.15, 0.2) is 30.5 Å². The van der Waals surface area contributed by atoms with E-state index in [-0.39, 0.29) is 17.5 Å². The number of ether oxygens (including phenoxy) is 1. The molecule has 2 heterocycles. The summed E-state index contributed by atoms with van der Waals surface area (Å²) < 4.78 is 28.9. The van der Waals surface area contributed by atoms with E-state index in [1.54, 1.807) is 13.3 Å². The van der Waals surface area contributed by atoms with Crippen LogP contribution in [0.3, 0.4) is 0 Å². The smallest absolute Gasteiger partial charge is 0.244 e. The van der Waals surface area contributed by atoms with Crippen molar-refractivity contribution in [2.75, 3.05) is 41.9 Å². The van der Waals surface area contributed by atoms with Crippen LogP contribution in [0.1, 0.15) is 18.9 Å². The normalized spacial score (nSPS) is 18.2. The molecule has 1 N–H and O–H groups in total. The van der Waals surface area contributed by atoms with Crippen LogP contribution in [-0.4, -0.2) is 61.3 Å². The Morgan fingerprint density at radius 2 is 2.15 bits per heavy atom. The number of nitrogens with zero attached hydrogens (tertiary/aromatic N) is 4. The van der Waals surface area contributed by atoms with Crippen molar-refractivity contribution in [1.29, 1.82) is 0 Å². The monoisotopic (exact) mass is 391 g/mol. The SMILES string of the molecule is CCN(c1cnnc(NCCc2ccccc2OC)n1)C1CCS(=O)(=O)C1. The molecule has 1 atom stereocenters. The summed E-state index contributed by atoms with van der Waals surface area (Å²) in [5, 5.41) is 11.3. The predicted octanol–water partition coefficient (Wildman–Crippen LogP) is 1.55. The number of hydrogen-bond donors (Lipinski definition) is 1. The summed E-state index contributed by atoms with van der Waals surface area (Å²) in [6.07, 6.45) is 2.96. The minimum Gasteiger partial charge on any atom is -0.496 e. The molecule has 9 heteroatoms. The zero-order valence-corrected chi connectivity index (χ0v) is 16.4. The number of nitrogens with one attached hydrogen (secondary N) is 1. The maximum absolute atomic E-state index is 11.8. The van der Waals surface area contributed by atoms with Crippen LogP contribution in [0.25, 0.3) is 0 Å². The fourth-order valence-corrected chi connectivity index (χ4v) is 5.09. The number of anilines is 2. The number of rotatable bonds is 8. The fourth-order valence-electron chi connectivity index (χ4n) is 3.36. The Bertz CT molecular complexity index is 875. The summed E-state index contributed by atoms with van der Waals surface area (Å²) in [5.74, 6) is 2.33. The highest BCUT2D eigenvalue weighted by Gasteiger charge is 2.32. The lowest BCUT2D eigenvalue weighted by Gasteiger charge is -2.27. The molecule has 3 rings (SSSR count). The topological polar surface area (TPSA) is 97.3 Å². The molecule has 0 amide bonds. The standard InChI is InChI=1S/C18H25N5O3S/c1-3-23(15-9-11-27(24,25)13-15)17-12-20-22-18(21-17)19-10-8-14-6-4-5-7-16(14)26-2/h4-7,12,15H,3,8-11,13H2,1-2H3,(H,19,21,22). The predicted molar refractivity (Wildman–Crippen MR) is 105 cm³/mol. The van der Waals surface area contributed by atoms with Gasteiger partial charge in [0.25, 0.3) is 0 Å². The van der Waals surface area contributed by atoms with E-state index in [1.807, 2.05) is 36.1 Å². The maximum Gasteiger partial charge on any atom is 0.244 e. The minimum atomic E-state index is -2.95. The van der Waals surface area contributed by atoms with Crippen molar-refractivity contribution in [3.63, 3.8) is 0 Å². The molecule has 0 spiro atoms. The fraction of sp³-hybridized carbons (Fsp3) is 0.500. The lowest BCUT2D eigenvalue weighted by atomic mass is 10.1. The van der Waals surface area contributed by atoms with Gasteiger partial charge in [-0.3, -0.25) is 0 Å². The first-order valence-corrected chi connectivity index (χ1v) is 10.9. The second kappa shape index (κ2) is 8.51. The van der Waals surface area contributed by atoms with Crippen molar-refractivity contribution in [3.8, 4) is 5.75 Å². The van der Waals surface area contributed by atoms with Crippen molar-refractivity contribution in [1.82, 2.24) is 15.2 Å². The summed E-state index contributed by atoms with van der Waals surface area (Å²) >= 11 is 0. The van der Waals surface area contributed by atoms with Gasteiger partial charge in [0.05, 0.1) is 24.8 Å². The Balaban J connectivity index is 1.64. The van der Waals surface area contributed by atoms with Gasteiger partial charge in [-0.2, -0.15) is 10.1 Å². The molecular weight excluding hydrogens is 366 g/mol. The number of aromatic nitrogens is 3. The molecule has 27 heavy (non-hydrogen) atoms. The molecule has 0 bridgehead atoms. The van der Waals surface area contributed by atoms with Crippen LogP contribution in [0.5, 0.6) is 5.75 Å². The van der Waals surface area contributed by atoms with Crippen molar-refractivity contribution in [2.45, 2.75) is 25.8 Å². The molecule has 1 fully saturated rings. The van der Waals surface area contributed by atoms with Crippen molar-refractivity contribution >= 4 is 21.6 Å². The van der Waals surface area contributed by atoms with E-state index in [9.17, 15) is 8.42 Å². The lowest BCUT2D eigenvalue weighted by Crippen LogP contribution is -2.37. The molecule has 146 valence electrons. The Morgan fingerprint density at radius 3 is 2.85 bits per heavy atom. The van der Waals surface area contributed by atoms with Gasteiger partial charge in [-0.15, -0.1) is 5.10 Å². The molecule has 1 unspecified atom stereocenters. The third-order valence-corrected chi connectivity index (χ3v) is 6.45. The second-order valence-electron chi connectivity index (χ2n) is 6.47. The molecule has 1 saturated heterocycles. The van der Waals surface area contributed by atoms with Gasteiger partial charge in [0.1, 0.15) is 5.75 Å². The number of sulfone groups is 1. The Morgan fingerprint density at radius 1 is 1.33 bits per heavy atom. The lowest BCUT2D eigenvalue weighted by molar-refractivity contribution is 0.410. The molecule has 0 saturated carbocycles. The summed E-state index contributed by atoms with van der Waals surface area (Å²) in [6.45, 7) is 3.29. The van der Waals surface area contributed by atoms with Gasteiger partial charge in [0.2, 0.25) is 5.95 Å². The average Bonchev–Trinajstić information content (AvgIpc) is 3.02. The number of methoxy groups -OCH3 is 1. The average molecular weight is 391 g/mol. The Hall–Kier alpha value is -2.42. The first-order chi connectivity index (χ1) is 13.0. The molecule has 1 aromatic carbocycles. The van der Waals surface area contributed by atoms with Gasteiger partial charge in [-0.1, -0.05) is 18.2 Å². The van der Waals surface area contributed by atoms with Crippen LogP contribution in [0.4, 0.5) is 11.8 Å². The van der Waals surface area contributed by atoms with E-state index in [4.69, 9.17) is 4.74 Å². The molecule has 1 aliphatic rings. The van der Waals surface area contributed by atoms with Crippen LogP contribution < -0.4 is 15.0 Å². The molecule has 0 radical (unpaired) electrons. The first kappa shape index (κ1) is 19.3. The van der Waals surface area contributed by atoms with E-state index >= 15 is 0 Å². The van der Waals surface area contributed by atoms with Crippen LogP contribution in [0.2, 0.25) is 0 Å². The van der Waals surface area contributed by atoms with Gasteiger partial charge in [0.15, 0.2) is 15.7 Å². The number of benzene rings is 1. The van der Waals surface area contributed by atoms with Gasteiger partial charge in [0, 0.05) is 19.1 Å². The van der Waals surface area contributed by atoms with Crippen molar-refractivity contribution in [3.05, 3.63) is 36.0 Å². The number of para-hydroxylation sites is 1. The Labute approximate surface area is 159 Å². The van der Waals surface area contributed by atoms with E-state index in [0.29, 0.717) is 31.3 Å². The third kappa shape index (κ3) is 4.85. The van der Waals surface area contributed by atoms with E-state index in [1.165, 1.54) is 0 Å². The molecular formula is C18H25N5O3S. The van der Waals surface area contributed by atoms with Crippen molar-refractivity contribution in [2.24, 2.45) is 0 Å². The van der Waals surface area contributed by atoms with Crippen molar-refractivity contribution < 1.29 is 13.2 Å². The third-order valence-electron chi connectivity index (χ3n) is 4.70. The highest BCUT2D eigenvalue weighted by molar-refractivity contribution is 7.91. The zero-order valence-electron chi connectivity index (χ0n) is 15.6. The first-order valence-electron chi connectivity index (χ1n) is 9.05. The summed E-state index contributed by atoms with van der Waals surface area (Å²) in [6, 6.07) is 7.82. The van der Waals surface area contributed by atoms with Gasteiger partial charge in [-0.05, 0) is 31.4 Å².